The molecular weight excluding hydrogens is 252 g/mol. The lowest BCUT2D eigenvalue weighted by atomic mass is 10.00. The number of carbonyl (C=O) groups is 1. The topological polar surface area (TPSA) is 50.2 Å². The second-order valence-electron chi connectivity index (χ2n) is 5.17. The van der Waals surface area contributed by atoms with Gasteiger partial charge in [-0.3, -0.25) is 4.79 Å². The number of nitrogens with one attached hydrogen (secondary N) is 1. The molecule has 1 aromatic heterocycles. The Labute approximate surface area is 118 Å². The van der Waals surface area contributed by atoms with Gasteiger partial charge in [0.05, 0.1) is 12.5 Å². The fourth-order valence-corrected chi connectivity index (χ4v) is 2.61. The number of carbonyl (C=O) groups excluding carboxylic acids is 1. The van der Waals surface area contributed by atoms with Crippen molar-refractivity contribution >= 4 is 11.6 Å². The lowest BCUT2D eigenvalue weighted by molar-refractivity contribution is -0.131. The zero-order valence-corrected chi connectivity index (χ0v) is 11.7. The van der Waals surface area contributed by atoms with Crippen LogP contribution in [0.4, 0.5) is 5.69 Å². The Hall–Kier alpha value is -2.30. The molecular formula is C15H18N4O. The van der Waals surface area contributed by atoms with Crippen molar-refractivity contribution in [2.24, 2.45) is 7.05 Å². The molecule has 2 aromatic rings. The zero-order valence-electron chi connectivity index (χ0n) is 11.7. The summed E-state index contributed by atoms with van der Waals surface area (Å²) < 4.78 is 1.94. The first-order chi connectivity index (χ1) is 9.66. The summed E-state index contributed by atoms with van der Waals surface area (Å²) in [6.07, 6.45) is 3.64. The summed E-state index contributed by atoms with van der Waals surface area (Å²) in [5.41, 5.74) is 2.15. The smallest absolute Gasteiger partial charge is 0.232 e. The predicted octanol–water partition coefficient (Wildman–Crippen LogP) is 1.59. The monoisotopic (exact) mass is 270 g/mol. The van der Waals surface area contributed by atoms with Crippen molar-refractivity contribution in [1.29, 1.82) is 0 Å². The van der Waals surface area contributed by atoms with E-state index >= 15 is 0 Å². The lowest BCUT2D eigenvalue weighted by Gasteiger charge is -2.20. The molecule has 1 aliphatic heterocycles. The third kappa shape index (κ3) is 2.15. The molecule has 1 aromatic carbocycles. The lowest BCUT2D eigenvalue weighted by Crippen LogP contribution is -2.33. The van der Waals surface area contributed by atoms with Gasteiger partial charge >= 0.3 is 0 Å². The largest absolute Gasteiger partial charge is 0.384 e. The summed E-state index contributed by atoms with van der Waals surface area (Å²) in [6, 6.07) is 8.00. The van der Waals surface area contributed by atoms with Crippen LogP contribution in [-0.4, -0.2) is 34.0 Å². The van der Waals surface area contributed by atoms with Gasteiger partial charge in [0.25, 0.3) is 0 Å². The van der Waals surface area contributed by atoms with Crippen LogP contribution in [-0.2, 0) is 18.4 Å². The van der Waals surface area contributed by atoms with Crippen molar-refractivity contribution in [3.8, 4) is 0 Å². The number of likely N-dealkylation sites (N-methyl/N-ethyl adjacent to an activating group) is 1. The van der Waals surface area contributed by atoms with Crippen molar-refractivity contribution in [2.45, 2.75) is 12.5 Å². The van der Waals surface area contributed by atoms with E-state index < -0.39 is 0 Å². The quantitative estimate of drug-likeness (QED) is 0.921. The highest BCUT2D eigenvalue weighted by atomic mass is 16.2. The number of anilines is 1. The van der Waals surface area contributed by atoms with E-state index in [4.69, 9.17) is 0 Å². The van der Waals surface area contributed by atoms with Gasteiger partial charge in [-0.15, -0.1) is 0 Å². The van der Waals surface area contributed by atoms with Gasteiger partial charge < -0.3 is 14.8 Å². The molecule has 0 aliphatic carbocycles. The highest BCUT2D eigenvalue weighted by Crippen LogP contribution is 2.32. The van der Waals surface area contributed by atoms with E-state index in [1.807, 2.05) is 49.1 Å². The third-order valence-electron chi connectivity index (χ3n) is 3.81. The van der Waals surface area contributed by atoms with E-state index in [-0.39, 0.29) is 11.8 Å². The number of imidazole rings is 1. The van der Waals surface area contributed by atoms with Gasteiger partial charge in [-0.2, -0.15) is 0 Å². The standard InChI is InChI=1S/C15H18N4O/c1-18-8-7-16-14(18)10-19(2)15(20)12-9-17-13-6-4-3-5-11(12)13/h3-8,12,17H,9-10H2,1-2H3. The molecule has 0 bridgehead atoms. The molecule has 0 spiro atoms. The highest BCUT2D eigenvalue weighted by molar-refractivity contribution is 5.88. The van der Waals surface area contributed by atoms with E-state index in [9.17, 15) is 4.79 Å². The minimum absolute atomic E-state index is 0.100. The first-order valence-corrected chi connectivity index (χ1v) is 6.71. The molecule has 1 amide bonds. The number of aryl methyl sites for hydroxylation is 1. The van der Waals surface area contributed by atoms with Crippen LogP contribution in [0.15, 0.2) is 36.7 Å². The number of aromatic nitrogens is 2. The Bertz CT molecular complexity index is 634. The minimum Gasteiger partial charge on any atom is -0.384 e. The van der Waals surface area contributed by atoms with Crippen LogP contribution in [0.3, 0.4) is 0 Å². The van der Waals surface area contributed by atoms with Crippen LogP contribution in [0.5, 0.6) is 0 Å². The van der Waals surface area contributed by atoms with Gasteiger partial charge in [-0.25, -0.2) is 4.98 Å². The Morgan fingerprint density at radius 1 is 1.50 bits per heavy atom. The average Bonchev–Trinajstić information content (AvgIpc) is 3.05. The fourth-order valence-electron chi connectivity index (χ4n) is 2.61. The Morgan fingerprint density at radius 2 is 2.30 bits per heavy atom. The van der Waals surface area contributed by atoms with Gasteiger partial charge in [0, 0.05) is 38.7 Å². The van der Waals surface area contributed by atoms with Crippen LogP contribution in [0, 0.1) is 0 Å². The van der Waals surface area contributed by atoms with Crippen LogP contribution >= 0.6 is 0 Å². The van der Waals surface area contributed by atoms with E-state index in [0.29, 0.717) is 13.1 Å². The molecule has 5 nitrogen and oxygen atoms in total. The van der Waals surface area contributed by atoms with E-state index in [0.717, 1.165) is 17.1 Å². The molecule has 0 fully saturated rings. The van der Waals surface area contributed by atoms with Gasteiger partial charge in [-0.1, -0.05) is 18.2 Å². The Morgan fingerprint density at radius 3 is 3.05 bits per heavy atom. The number of para-hydroxylation sites is 1. The minimum atomic E-state index is -0.100. The molecule has 2 heterocycles. The second kappa shape index (κ2) is 5.00. The number of hydrogen-bond donors (Lipinski definition) is 1. The maximum Gasteiger partial charge on any atom is 0.232 e. The molecule has 0 saturated heterocycles. The summed E-state index contributed by atoms with van der Waals surface area (Å²) in [6.45, 7) is 1.20. The van der Waals surface area contributed by atoms with Crippen LogP contribution in [0.2, 0.25) is 0 Å². The number of nitrogens with zero attached hydrogens (tertiary/aromatic N) is 3. The molecule has 3 rings (SSSR count). The molecule has 1 aliphatic rings. The summed E-state index contributed by atoms with van der Waals surface area (Å²) in [5, 5.41) is 3.29. The molecule has 1 atom stereocenters. The third-order valence-corrected chi connectivity index (χ3v) is 3.81. The summed E-state index contributed by atoms with van der Waals surface area (Å²) >= 11 is 0. The van der Waals surface area contributed by atoms with Crippen LogP contribution < -0.4 is 5.32 Å². The number of fused-ring (bicyclic) bond motifs is 1. The van der Waals surface area contributed by atoms with Crippen molar-refractivity contribution in [1.82, 2.24) is 14.5 Å². The van der Waals surface area contributed by atoms with Crippen LogP contribution in [0.1, 0.15) is 17.3 Å². The number of benzene rings is 1. The summed E-state index contributed by atoms with van der Waals surface area (Å²) in [5.74, 6) is 0.919. The Kier molecular flexibility index (Phi) is 3.18. The average molecular weight is 270 g/mol. The van der Waals surface area contributed by atoms with E-state index in [1.54, 1.807) is 11.1 Å². The summed E-state index contributed by atoms with van der Waals surface area (Å²) in [7, 11) is 3.77. The van der Waals surface area contributed by atoms with Gasteiger partial charge in [0.1, 0.15) is 5.82 Å². The molecule has 1 N–H and O–H groups in total. The first-order valence-electron chi connectivity index (χ1n) is 6.71. The maximum atomic E-state index is 12.6. The molecule has 104 valence electrons. The maximum absolute atomic E-state index is 12.6. The van der Waals surface area contributed by atoms with Gasteiger partial charge in [0.2, 0.25) is 5.91 Å². The van der Waals surface area contributed by atoms with Crippen molar-refractivity contribution in [2.75, 3.05) is 18.9 Å². The zero-order chi connectivity index (χ0) is 14.1. The molecule has 20 heavy (non-hydrogen) atoms. The predicted molar refractivity (Wildman–Crippen MR) is 77.4 cm³/mol. The number of hydrogen-bond acceptors (Lipinski definition) is 3. The molecule has 1 unspecified atom stereocenters. The normalized spacial score (nSPS) is 16.6. The Balaban J connectivity index is 1.75. The molecule has 5 heteroatoms. The number of amides is 1. The van der Waals surface area contributed by atoms with E-state index in [2.05, 4.69) is 10.3 Å². The van der Waals surface area contributed by atoms with Crippen molar-refractivity contribution in [3.05, 3.63) is 48.0 Å². The summed E-state index contributed by atoms with van der Waals surface area (Å²) in [4.78, 5) is 18.6. The molecule has 0 saturated carbocycles. The highest BCUT2D eigenvalue weighted by Gasteiger charge is 2.30. The molecule has 0 radical (unpaired) electrons. The van der Waals surface area contributed by atoms with Crippen molar-refractivity contribution in [3.63, 3.8) is 0 Å². The first kappa shape index (κ1) is 12.7. The SMILES string of the molecule is CN(Cc1nccn1C)C(=O)C1CNc2ccccc21. The number of rotatable bonds is 3. The van der Waals surface area contributed by atoms with Gasteiger partial charge in [0.15, 0.2) is 0 Å². The second-order valence-corrected chi connectivity index (χ2v) is 5.17. The van der Waals surface area contributed by atoms with Gasteiger partial charge in [-0.05, 0) is 11.6 Å². The van der Waals surface area contributed by atoms with Crippen LogP contribution in [0.25, 0.3) is 0 Å². The van der Waals surface area contributed by atoms with Crippen molar-refractivity contribution < 1.29 is 4.79 Å². The van der Waals surface area contributed by atoms with E-state index in [1.165, 1.54) is 0 Å². The fraction of sp³-hybridized carbons (Fsp3) is 0.333.